The summed E-state index contributed by atoms with van der Waals surface area (Å²) in [6.45, 7) is 0.174. The monoisotopic (exact) mass is 281 g/mol. The summed E-state index contributed by atoms with van der Waals surface area (Å²) in [5, 5.41) is 0. The van der Waals surface area contributed by atoms with Gasteiger partial charge in [-0.15, -0.1) is 0 Å². The minimum absolute atomic E-state index is 0.174. The number of rotatable bonds is 4. The molecule has 0 saturated carbocycles. The Morgan fingerprint density at radius 1 is 1.00 bits per heavy atom. The second kappa shape index (κ2) is 6.04. The van der Waals surface area contributed by atoms with E-state index in [0.717, 1.165) is 0 Å². The van der Waals surface area contributed by atoms with Gasteiger partial charge in [-0.3, -0.25) is 4.21 Å². The first kappa shape index (κ1) is 13.8. The normalized spacial score (nSPS) is 12.4. The molecule has 0 heterocycles. The Balaban J connectivity index is 2.24. The summed E-state index contributed by atoms with van der Waals surface area (Å²) in [5.41, 5.74) is 6.86. The second-order valence-electron chi connectivity index (χ2n) is 4.06. The van der Waals surface area contributed by atoms with Crippen molar-refractivity contribution in [3.8, 4) is 0 Å². The van der Waals surface area contributed by atoms with Crippen LogP contribution in [0.2, 0.25) is 0 Å². The van der Waals surface area contributed by atoms with E-state index in [2.05, 4.69) is 0 Å². The first-order valence-corrected chi connectivity index (χ1v) is 7.03. The van der Waals surface area contributed by atoms with Crippen LogP contribution in [0.4, 0.5) is 8.78 Å². The number of hydrogen-bond donors (Lipinski definition) is 1. The lowest BCUT2D eigenvalue weighted by Gasteiger charge is -2.08. The highest BCUT2D eigenvalue weighted by molar-refractivity contribution is 7.84. The van der Waals surface area contributed by atoms with Crippen molar-refractivity contribution in [3.63, 3.8) is 0 Å². The molecular weight excluding hydrogens is 268 g/mol. The van der Waals surface area contributed by atoms with Crippen LogP contribution in [-0.2, 0) is 23.1 Å². The van der Waals surface area contributed by atoms with Gasteiger partial charge >= 0.3 is 0 Å². The Kier molecular flexibility index (Phi) is 4.39. The fourth-order valence-corrected chi connectivity index (χ4v) is 2.96. The largest absolute Gasteiger partial charge is 0.326 e. The van der Waals surface area contributed by atoms with Gasteiger partial charge in [0.25, 0.3) is 0 Å². The van der Waals surface area contributed by atoms with Crippen molar-refractivity contribution < 1.29 is 13.0 Å². The zero-order valence-corrected chi connectivity index (χ0v) is 10.9. The summed E-state index contributed by atoms with van der Waals surface area (Å²) in [4.78, 5) is 0.410. The maximum atomic E-state index is 13.1. The summed E-state index contributed by atoms with van der Waals surface area (Å²) >= 11 is 0. The Hall–Kier alpha value is -1.59. The van der Waals surface area contributed by atoms with Gasteiger partial charge in [-0.2, -0.15) is 0 Å². The zero-order valence-electron chi connectivity index (χ0n) is 10.1. The number of benzene rings is 2. The van der Waals surface area contributed by atoms with Crippen molar-refractivity contribution in [1.82, 2.24) is 0 Å². The van der Waals surface area contributed by atoms with Gasteiger partial charge in [0.1, 0.15) is 11.6 Å². The van der Waals surface area contributed by atoms with Gasteiger partial charge in [-0.05, 0) is 41.5 Å². The van der Waals surface area contributed by atoms with Crippen LogP contribution in [0.25, 0.3) is 0 Å². The van der Waals surface area contributed by atoms with Crippen LogP contribution in [0, 0.1) is 11.6 Å². The topological polar surface area (TPSA) is 43.1 Å². The SMILES string of the molecule is NCc1cc(F)ccc1CS(=O)c1cccc(F)c1. The van der Waals surface area contributed by atoms with Gasteiger partial charge in [0.15, 0.2) is 0 Å². The van der Waals surface area contributed by atoms with Gasteiger partial charge in [0, 0.05) is 11.4 Å². The number of nitrogens with two attached hydrogens (primary N) is 1. The van der Waals surface area contributed by atoms with Gasteiger partial charge in [0.05, 0.1) is 16.6 Å². The third-order valence-electron chi connectivity index (χ3n) is 2.73. The highest BCUT2D eigenvalue weighted by Crippen LogP contribution is 2.17. The molecule has 100 valence electrons. The molecule has 0 aromatic heterocycles. The molecule has 0 aliphatic carbocycles. The van der Waals surface area contributed by atoms with Crippen molar-refractivity contribution in [3.05, 3.63) is 65.2 Å². The molecule has 2 aromatic rings. The van der Waals surface area contributed by atoms with Crippen LogP contribution in [0.5, 0.6) is 0 Å². The molecule has 0 fully saturated rings. The summed E-state index contributed by atoms with van der Waals surface area (Å²) < 4.78 is 38.3. The Labute approximate surface area is 112 Å². The predicted octanol–water partition coefficient (Wildman–Crippen LogP) is 2.73. The van der Waals surface area contributed by atoms with E-state index in [1.54, 1.807) is 12.1 Å². The third-order valence-corrected chi connectivity index (χ3v) is 4.09. The van der Waals surface area contributed by atoms with E-state index in [1.807, 2.05) is 0 Å². The summed E-state index contributed by atoms with van der Waals surface area (Å²) in [7, 11) is -1.38. The molecule has 1 atom stereocenters. The Morgan fingerprint density at radius 3 is 2.42 bits per heavy atom. The van der Waals surface area contributed by atoms with Gasteiger partial charge < -0.3 is 5.73 Å². The molecule has 2 aromatic carbocycles. The molecule has 0 radical (unpaired) electrons. The molecular formula is C14H13F2NOS. The van der Waals surface area contributed by atoms with Crippen molar-refractivity contribution >= 4 is 10.8 Å². The summed E-state index contributed by atoms with van der Waals surface area (Å²) in [6, 6.07) is 9.84. The van der Waals surface area contributed by atoms with Crippen LogP contribution >= 0.6 is 0 Å². The highest BCUT2D eigenvalue weighted by Gasteiger charge is 2.10. The van der Waals surface area contributed by atoms with Crippen LogP contribution < -0.4 is 5.73 Å². The van der Waals surface area contributed by atoms with Crippen LogP contribution in [-0.4, -0.2) is 4.21 Å². The third kappa shape index (κ3) is 3.45. The fraction of sp³-hybridized carbons (Fsp3) is 0.143. The first-order chi connectivity index (χ1) is 9.10. The second-order valence-corrected chi connectivity index (χ2v) is 5.52. The maximum absolute atomic E-state index is 13.1. The minimum Gasteiger partial charge on any atom is -0.326 e. The van der Waals surface area contributed by atoms with Crippen molar-refractivity contribution in [2.45, 2.75) is 17.2 Å². The number of halogens is 2. The minimum atomic E-state index is -1.38. The molecule has 19 heavy (non-hydrogen) atoms. The standard InChI is InChI=1S/C14H13F2NOS/c15-12-2-1-3-14(7-12)19(18)9-10-4-5-13(16)6-11(10)8-17/h1-7H,8-9,17H2. The van der Waals surface area contributed by atoms with E-state index in [1.165, 1.54) is 30.3 Å². The van der Waals surface area contributed by atoms with E-state index in [-0.39, 0.29) is 18.1 Å². The zero-order chi connectivity index (χ0) is 13.8. The molecule has 0 aliphatic heterocycles. The number of hydrogen-bond acceptors (Lipinski definition) is 2. The van der Waals surface area contributed by atoms with E-state index >= 15 is 0 Å². The molecule has 2 nitrogen and oxygen atoms in total. The van der Waals surface area contributed by atoms with E-state index in [4.69, 9.17) is 5.73 Å². The van der Waals surface area contributed by atoms with E-state index < -0.39 is 16.6 Å². The van der Waals surface area contributed by atoms with Crippen LogP contribution in [0.1, 0.15) is 11.1 Å². The fourth-order valence-electron chi connectivity index (χ4n) is 1.76. The highest BCUT2D eigenvalue weighted by atomic mass is 32.2. The molecule has 0 saturated heterocycles. The van der Waals surface area contributed by atoms with E-state index in [9.17, 15) is 13.0 Å². The summed E-state index contributed by atoms with van der Waals surface area (Å²) in [6.07, 6.45) is 0. The first-order valence-electron chi connectivity index (χ1n) is 5.71. The molecule has 5 heteroatoms. The Morgan fingerprint density at radius 2 is 1.74 bits per heavy atom. The Bertz CT molecular complexity index is 616. The summed E-state index contributed by atoms with van der Waals surface area (Å²) in [5.74, 6) is -0.610. The quantitative estimate of drug-likeness (QED) is 0.936. The lowest BCUT2D eigenvalue weighted by Crippen LogP contribution is -2.05. The van der Waals surface area contributed by atoms with Gasteiger partial charge in [0.2, 0.25) is 0 Å². The molecule has 0 aliphatic rings. The average molecular weight is 281 g/mol. The molecule has 0 spiro atoms. The molecule has 0 bridgehead atoms. The van der Waals surface area contributed by atoms with Crippen LogP contribution in [0.15, 0.2) is 47.4 Å². The van der Waals surface area contributed by atoms with Gasteiger partial charge in [-0.25, -0.2) is 8.78 Å². The molecule has 0 amide bonds. The average Bonchev–Trinajstić information content (AvgIpc) is 2.40. The van der Waals surface area contributed by atoms with Crippen molar-refractivity contribution in [2.24, 2.45) is 5.73 Å². The molecule has 1 unspecified atom stereocenters. The predicted molar refractivity (Wildman–Crippen MR) is 70.8 cm³/mol. The van der Waals surface area contributed by atoms with E-state index in [0.29, 0.717) is 16.0 Å². The molecule has 2 rings (SSSR count). The van der Waals surface area contributed by atoms with Gasteiger partial charge in [-0.1, -0.05) is 12.1 Å². The molecule has 2 N–H and O–H groups in total. The maximum Gasteiger partial charge on any atom is 0.124 e. The lowest BCUT2D eigenvalue weighted by atomic mass is 10.1. The van der Waals surface area contributed by atoms with Crippen molar-refractivity contribution in [1.29, 1.82) is 0 Å². The smallest absolute Gasteiger partial charge is 0.124 e. The van der Waals surface area contributed by atoms with Crippen molar-refractivity contribution in [2.75, 3.05) is 0 Å². The lowest BCUT2D eigenvalue weighted by molar-refractivity contribution is 0.622. The van der Waals surface area contributed by atoms with Crippen LogP contribution in [0.3, 0.4) is 0 Å².